The van der Waals surface area contributed by atoms with Crippen LogP contribution in [0.15, 0.2) is 59.9 Å². The van der Waals surface area contributed by atoms with Gasteiger partial charge in [0.25, 0.3) is 5.91 Å². The molecule has 0 bridgehead atoms. The Bertz CT molecular complexity index is 904. The van der Waals surface area contributed by atoms with E-state index < -0.39 is 17.7 Å². The van der Waals surface area contributed by atoms with E-state index in [1.54, 1.807) is 18.2 Å². The first-order valence-corrected chi connectivity index (χ1v) is 8.48. The molecule has 1 aliphatic heterocycles. The number of ketones is 1. The van der Waals surface area contributed by atoms with Gasteiger partial charge in [-0.15, -0.1) is 0 Å². The fourth-order valence-electron chi connectivity index (χ4n) is 3.33. The van der Waals surface area contributed by atoms with Crippen molar-refractivity contribution >= 4 is 11.7 Å². The van der Waals surface area contributed by atoms with Gasteiger partial charge in [0.05, 0.1) is 25.8 Å². The Morgan fingerprint density at radius 2 is 1.74 bits per heavy atom. The highest BCUT2D eigenvalue weighted by Crippen LogP contribution is 2.41. The molecular weight excluding hydrogens is 346 g/mol. The fraction of sp³-hybridized carbons (Fsp3) is 0.238. The van der Waals surface area contributed by atoms with Gasteiger partial charge in [-0.25, -0.2) is 0 Å². The third-order valence-electron chi connectivity index (χ3n) is 4.60. The molecule has 0 aliphatic carbocycles. The number of hydrogen-bond donors (Lipinski definition) is 1. The molecule has 1 heterocycles. The van der Waals surface area contributed by atoms with Gasteiger partial charge in [0.2, 0.25) is 0 Å². The first-order valence-electron chi connectivity index (χ1n) is 8.48. The summed E-state index contributed by atoms with van der Waals surface area (Å²) in [6, 6.07) is 13.9. The lowest BCUT2D eigenvalue weighted by Gasteiger charge is -2.27. The second kappa shape index (κ2) is 7.53. The molecule has 6 heteroatoms. The summed E-state index contributed by atoms with van der Waals surface area (Å²) < 4.78 is 10.6. The summed E-state index contributed by atoms with van der Waals surface area (Å²) in [7, 11) is 3.05. The number of aliphatic hydroxyl groups excluding tert-OH is 1. The molecular formula is C21H21NO5. The fourth-order valence-corrected chi connectivity index (χ4v) is 3.33. The van der Waals surface area contributed by atoms with Crippen LogP contribution in [-0.2, 0) is 16.1 Å². The maximum Gasteiger partial charge on any atom is 0.290 e. The molecule has 0 fully saturated rings. The molecule has 0 radical (unpaired) electrons. The van der Waals surface area contributed by atoms with E-state index in [9.17, 15) is 14.7 Å². The average molecular weight is 367 g/mol. The summed E-state index contributed by atoms with van der Waals surface area (Å²) >= 11 is 0. The minimum absolute atomic E-state index is 0.0863. The molecule has 1 N–H and O–H groups in total. The van der Waals surface area contributed by atoms with Gasteiger partial charge in [0.15, 0.2) is 23.0 Å². The number of Topliss-reactive ketones (excluding diaryl/α,β-unsaturated/α-hetero) is 1. The van der Waals surface area contributed by atoms with E-state index >= 15 is 0 Å². The standard InChI is InChI=1S/C21H21NO5/c1-13(23)18-19(15-9-10-16(26-2)17(11-15)27-3)22(21(25)20(18)24)12-14-7-5-4-6-8-14/h4-11,19,24H,12H2,1-3H3/t19-/m1/s1. The molecule has 3 rings (SSSR count). The Hall–Kier alpha value is -3.28. The topological polar surface area (TPSA) is 76.1 Å². The van der Waals surface area contributed by atoms with Crippen molar-refractivity contribution in [1.82, 2.24) is 4.90 Å². The second-order valence-corrected chi connectivity index (χ2v) is 6.25. The van der Waals surface area contributed by atoms with E-state index in [-0.39, 0.29) is 17.9 Å². The van der Waals surface area contributed by atoms with E-state index in [0.717, 1.165) is 5.56 Å². The number of ether oxygens (including phenoxy) is 2. The number of carbonyl (C=O) groups is 2. The van der Waals surface area contributed by atoms with Gasteiger partial charge in [-0.3, -0.25) is 9.59 Å². The zero-order valence-corrected chi connectivity index (χ0v) is 15.4. The smallest absolute Gasteiger partial charge is 0.290 e. The largest absolute Gasteiger partial charge is 0.503 e. The maximum atomic E-state index is 12.7. The van der Waals surface area contributed by atoms with Gasteiger partial charge < -0.3 is 19.5 Å². The van der Waals surface area contributed by atoms with Crippen molar-refractivity contribution in [2.24, 2.45) is 0 Å². The third-order valence-corrected chi connectivity index (χ3v) is 4.60. The predicted molar refractivity (Wildman–Crippen MR) is 99.6 cm³/mol. The van der Waals surface area contributed by atoms with Gasteiger partial charge in [-0.2, -0.15) is 0 Å². The molecule has 1 atom stereocenters. The molecule has 0 saturated carbocycles. The van der Waals surface area contributed by atoms with Crippen LogP contribution < -0.4 is 9.47 Å². The third kappa shape index (κ3) is 3.38. The number of carbonyl (C=O) groups excluding carboxylic acids is 2. The lowest BCUT2D eigenvalue weighted by Crippen LogP contribution is -2.30. The summed E-state index contributed by atoms with van der Waals surface area (Å²) in [5.74, 6) is -0.396. The molecule has 0 aromatic heterocycles. The summed E-state index contributed by atoms with van der Waals surface area (Å²) in [5, 5.41) is 10.3. The monoisotopic (exact) mass is 367 g/mol. The van der Waals surface area contributed by atoms with Crippen LogP contribution in [0, 0.1) is 0 Å². The van der Waals surface area contributed by atoms with Crippen LogP contribution in [0.5, 0.6) is 11.5 Å². The van der Waals surface area contributed by atoms with Gasteiger partial charge in [0.1, 0.15) is 0 Å². The summed E-state index contributed by atoms with van der Waals surface area (Å²) in [6.07, 6.45) is 0. The van der Waals surface area contributed by atoms with Gasteiger partial charge in [-0.05, 0) is 30.2 Å². The van der Waals surface area contributed by atoms with Crippen molar-refractivity contribution in [1.29, 1.82) is 0 Å². The molecule has 140 valence electrons. The number of rotatable bonds is 6. The zero-order chi connectivity index (χ0) is 19.6. The number of amides is 1. The zero-order valence-electron chi connectivity index (χ0n) is 15.4. The molecule has 1 amide bonds. The highest BCUT2D eigenvalue weighted by Gasteiger charge is 2.42. The maximum absolute atomic E-state index is 12.7. The molecule has 27 heavy (non-hydrogen) atoms. The number of aliphatic hydroxyl groups is 1. The van der Waals surface area contributed by atoms with Crippen molar-refractivity contribution in [3.05, 3.63) is 71.0 Å². The van der Waals surface area contributed by atoms with Crippen molar-refractivity contribution in [3.8, 4) is 11.5 Å². The lowest BCUT2D eigenvalue weighted by molar-refractivity contribution is -0.130. The first kappa shape index (κ1) is 18.5. The average Bonchev–Trinajstić information content (AvgIpc) is 2.93. The van der Waals surface area contributed by atoms with Crippen LogP contribution in [0.4, 0.5) is 0 Å². The number of nitrogens with zero attached hydrogens (tertiary/aromatic N) is 1. The first-order chi connectivity index (χ1) is 13.0. The number of benzene rings is 2. The quantitative estimate of drug-likeness (QED) is 0.849. The Kier molecular flexibility index (Phi) is 5.16. The van der Waals surface area contributed by atoms with Crippen LogP contribution in [0.1, 0.15) is 24.1 Å². The second-order valence-electron chi connectivity index (χ2n) is 6.25. The summed E-state index contributed by atoms with van der Waals surface area (Å²) in [5.41, 5.74) is 1.64. The summed E-state index contributed by atoms with van der Waals surface area (Å²) in [4.78, 5) is 26.4. The van der Waals surface area contributed by atoms with Crippen LogP contribution in [0.2, 0.25) is 0 Å². The summed E-state index contributed by atoms with van der Waals surface area (Å²) in [6.45, 7) is 1.61. The van der Waals surface area contributed by atoms with Crippen molar-refractivity contribution in [3.63, 3.8) is 0 Å². The van der Waals surface area contributed by atoms with Crippen molar-refractivity contribution in [2.45, 2.75) is 19.5 Å². The highest BCUT2D eigenvalue weighted by molar-refractivity contribution is 6.08. The van der Waals surface area contributed by atoms with Crippen LogP contribution in [0.3, 0.4) is 0 Å². The van der Waals surface area contributed by atoms with Gasteiger partial charge >= 0.3 is 0 Å². The van der Waals surface area contributed by atoms with E-state index in [0.29, 0.717) is 17.1 Å². The highest BCUT2D eigenvalue weighted by atomic mass is 16.5. The molecule has 0 unspecified atom stereocenters. The molecule has 2 aromatic rings. The Labute approximate surface area is 157 Å². The molecule has 1 aliphatic rings. The SMILES string of the molecule is COc1ccc([C@@H]2C(C(C)=O)=C(O)C(=O)N2Cc2ccccc2)cc1OC. The van der Waals surface area contributed by atoms with E-state index in [1.807, 2.05) is 30.3 Å². The minimum Gasteiger partial charge on any atom is -0.503 e. The van der Waals surface area contributed by atoms with Crippen LogP contribution >= 0.6 is 0 Å². The van der Waals surface area contributed by atoms with Crippen molar-refractivity contribution in [2.75, 3.05) is 14.2 Å². The van der Waals surface area contributed by atoms with Crippen LogP contribution in [-0.4, -0.2) is 35.9 Å². The molecule has 0 saturated heterocycles. The van der Waals surface area contributed by atoms with Crippen LogP contribution in [0.25, 0.3) is 0 Å². The number of hydrogen-bond acceptors (Lipinski definition) is 5. The molecule has 6 nitrogen and oxygen atoms in total. The van der Waals surface area contributed by atoms with E-state index in [2.05, 4.69) is 0 Å². The van der Waals surface area contributed by atoms with E-state index in [4.69, 9.17) is 9.47 Å². The minimum atomic E-state index is -0.699. The number of methoxy groups -OCH3 is 2. The Morgan fingerprint density at radius 1 is 1.07 bits per heavy atom. The van der Waals surface area contributed by atoms with Gasteiger partial charge in [0, 0.05) is 6.54 Å². The Morgan fingerprint density at radius 3 is 2.33 bits per heavy atom. The molecule has 0 spiro atoms. The van der Waals surface area contributed by atoms with Gasteiger partial charge in [-0.1, -0.05) is 36.4 Å². The predicted octanol–water partition coefficient (Wildman–Crippen LogP) is 3.19. The van der Waals surface area contributed by atoms with Crippen molar-refractivity contribution < 1.29 is 24.2 Å². The normalized spacial score (nSPS) is 16.6. The lowest BCUT2D eigenvalue weighted by atomic mass is 9.96. The Balaban J connectivity index is 2.08. The van der Waals surface area contributed by atoms with E-state index in [1.165, 1.54) is 26.0 Å². The molecule has 2 aromatic carbocycles.